The van der Waals surface area contributed by atoms with E-state index in [9.17, 15) is 0 Å². The van der Waals surface area contributed by atoms with Crippen molar-refractivity contribution in [3.05, 3.63) is 54.6 Å². The van der Waals surface area contributed by atoms with E-state index in [0.29, 0.717) is 5.88 Å². The van der Waals surface area contributed by atoms with Gasteiger partial charge in [-0.05, 0) is 18.2 Å². The molecule has 4 aromatic rings. The van der Waals surface area contributed by atoms with E-state index < -0.39 is 0 Å². The molecule has 0 aromatic carbocycles. The first kappa shape index (κ1) is 15.5. The van der Waals surface area contributed by atoms with Gasteiger partial charge in [0.2, 0.25) is 16.0 Å². The van der Waals surface area contributed by atoms with Crippen molar-refractivity contribution in [2.24, 2.45) is 0 Å². The zero-order chi connectivity index (χ0) is 17.1. The summed E-state index contributed by atoms with van der Waals surface area (Å²) in [5.74, 6) is 0.583. The van der Waals surface area contributed by atoms with Crippen LogP contribution in [0.4, 0.5) is 5.13 Å². The summed E-state index contributed by atoms with van der Waals surface area (Å²) in [4.78, 5) is 13.8. The third kappa shape index (κ3) is 3.29. The van der Waals surface area contributed by atoms with Gasteiger partial charge in [0.1, 0.15) is 0 Å². The van der Waals surface area contributed by atoms with Gasteiger partial charge in [-0.25, -0.2) is 14.5 Å². The van der Waals surface area contributed by atoms with Gasteiger partial charge in [0, 0.05) is 42.7 Å². The van der Waals surface area contributed by atoms with E-state index in [1.54, 1.807) is 19.5 Å². The predicted molar refractivity (Wildman–Crippen MR) is 97.1 cm³/mol. The normalized spacial score (nSPS) is 10.9. The molecule has 0 amide bonds. The van der Waals surface area contributed by atoms with Crippen LogP contribution in [-0.4, -0.2) is 38.2 Å². The molecule has 0 aliphatic rings. The minimum atomic E-state index is 0.583. The SMILES string of the molecule is COc1ccc(-c2cnc3sc(NCCc4ccccn4)nn23)cn1. The third-order valence-corrected chi connectivity index (χ3v) is 4.59. The van der Waals surface area contributed by atoms with E-state index in [-0.39, 0.29) is 0 Å². The Labute approximate surface area is 148 Å². The molecule has 0 radical (unpaired) electrons. The van der Waals surface area contributed by atoms with Gasteiger partial charge in [-0.2, -0.15) is 0 Å². The van der Waals surface area contributed by atoms with Gasteiger partial charge in [0.05, 0.1) is 19.0 Å². The molecular weight excluding hydrogens is 336 g/mol. The molecule has 4 heterocycles. The molecule has 4 aromatic heterocycles. The second-order valence-corrected chi connectivity index (χ2v) is 6.29. The van der Waals surface area contributed by atoms with E-state index in [0.717, 1.165) is 40.0 Å². The van der Waals surface area contributed by atoms with Crippen LogP contribution in [0.5, 0.6) is 5.88 Å². The zero-order valence-corrected chi connectivity index (χ0v) is 14.4. The lowest BCUT2D eigenvalue weighted by molar-refractivity contribution is 0.398. The van der Waals surface area contributed by atoms with Gasteiger partial charge < -0.3 is 10.1 Å². The standard InChI is InChI=1S/C17H16N6OS/c1-24-15-6-5-12(10-20-15)14-11-21-17-23(14)22-16(25-17)19-9-7-13-4-2-3-8-18-13/h2-6,8,10-11H,7,9H2,1H3,(H,19,22). The van der Waals surface area contributed by atoms with Crippen molar-refractivity contribution in [3.8, 4) is 17.1 Å². The molecule has 126 valence electrons. The highest BCUT2D eigenvalue weighted by atomic mass is 32.1. The summed E-state index contributed by atoms with van der Waals surface area (Å²) in [5.41, 5.74) is 2.90. The lowest BCUT2D eigenvalue weighted by atomic mass is 10.2. The summed E-state index contributed by atoms with van der Waals surface area (Å²) in [6.45, 7) is 0.771. The Hall–Kier alpha value is -3.00. The Bertz CT molecular complexity index is 964. The van der Waals surface area contributed by atoms with Gasteiger partial charge in [0.25, 0.3) is 0 Å². The van der Waals surface area contributed by atoms with Crippen LogP contribution in [0, 0.1) is 0 Å². The molecule has 25 heavy (non-hydrogen) atoms. The van der Waals surface area contributed by atoms with E-state index in [1.807, 2.05) is 41.0 Å². The number of hydrogen-bond donors (Lipinski definition) is 1. The van der Waals surface area contributed by atoms with Crippen molar-refractivity contribution in [1.29, 1.82) is 0 Å². The van der Waals surface area contributed by atoms with Crippen LogP contribution in [0.3, 0.4) is 0 Å². The number of anilines is 1. The molecule has 0 unspecified atom stereocenters. The molecule has 0 spiro atoms. The maximum absolute atomic E-state index is 5.10. The zero-order valence-electron chi connectivity index (χ0n) is 13.6. The number of hydrogen-bond acceptors (Lipinski definition) is 7. The van der Waals surface area contributed by atoms with Crippen molar-refractivity contribution < 1.29 is 4.74 Å². The van der Waals surface area contributed by atoms with Gasteiger partial charge in [-0.1, -0.05) is 17.4 Å². The number of pyridine rings is 2. The molecule has 7 nitrogen and oxygen atoms in total. The van der Waals surface area contributed by atoms with E-state index in [1.165, 1.54) is 11.3 Å². The van der Waals surface area contributed by atoms with E-state index in [2.05, 4.69) is 25.4 Å². The number of imidazole rings is 1. The van der Waals surface area contributed by atoms with Crippen molar-refractivity contribution >= 4 is 21.4 Å². The maximum Gasteiger partial charge on any atom is 0.214 e. The topological polar surface area (TPSA) is 77.2 Å². The highest BCUT2D eigenvalue weighted by molar-refractivity contribution is 7.20. The lowest BCUT2D eigenvalue weighted by Gasteiger charge is -2.02. The molecule has 1 N–H and O–H groups in total. The highest BCUT2D eigenvalue weighted by Crippen LogP contribution is 2.26. The first-order valence-electron chi connectivity index (χ1n) is 7.82. The van der Waals surface area contributed by atoms with E-state index in [4.69, 9.17) is 4.74 Å². The van der Waals surface area contributed by atoms with Crippen molar-refractivity contribution in [1.82, 2.24) is 24.6 Å². The third-order valence-electron chi connectivity index (χ3n) is 3.71. The quantitative estimate of drug-likeness (QED) is 0.575. The Morgan fingerprint density at radius 3 is 2.84 bits per heavy atom. The number of aromatic nitrogens is 5. The van der Waals surface area contributed by atoms with Gasteiger partial charge in [-0.15, -0.1) is 5.10 Å². The fourth-order valence-corrected chi connectivity index (χ4v) is 3.26. The van der Waals surface area contributed by atoms with Crippen LogP contribution in [0.15, 0.2) is 48.9 Å². The molecule has 0 aliphatic carbocycles. The Kier molecular flexibility index (Phi) is 4.26. The molecule has 0 bridgehead atoms. The summed E-state index contributed by atoms with van der Waals surface area (Å²) in [6, 6.07) is 9.71. The number of ether oxygens (including phenoxy) is 1. The minimum Gasteiger partial charge on any atom is -0.481 e. The van der Waals surface area contributed by atoms with Crippen LogP contribution in [-0.2, 0) is 6.42 Å². The molecule has 0 saturated heterocycles. The molecule has 0 saturated carbocycles. The Morgan fingerprint density at radius 2 is 2.08 bits per heavy atom. The van der Waals surface area contributed by atoms with E-state index >= 15 is 0 Å². The lowest BCUT2D eigenvalue weighted by Crippen LogP contribution is -2.06. The first-order valence-corrected chi connectivity index (χ1v) is 8.64. The molecule has 8 heteroatoms. The summed E-state index contributed by atoms with van der Waals surface area (Å²) >= 11 is 1.52. The first-order chi connectivity index (χ1) is 12.3. The van der Waals surface area contributed by atoms with Crippen molar-refractivity contribution in [3.63, 3.8) is 0 Å². The van der Waals surface area contributed by atoms with Crippen molar-refractivity contribution in [2.75, 3.05) is 19.0 Å². The van der Waals surface area contributed by atoms with Crippen LogP contribution in [0.25, 0.3) is 16.2 Å². The number of methoxy groups -OCH3 is 1. The van der Waals surface area contributed by atoms with Gasteiger partial charge in [0.15, 0.2) is 0 Å². The molecule has 0 atom stereocenters. The molecule has 4 rings (SSSR count). The second kappa shape index (κ2) is 6.86. The monoisotopic (exact) mass is 352 g/mol. The smallest absolute Gasteiger partial charge is 0.214 e. The average Bonchev–Trinajstić information content (AvgIpc) is 3.23. The Morgan fingerprint density at radius 1 is 1.12 bits per heavy atom. The second-order valence-electron chi connectivity index (χ2n) is 5.33. The van der Waals surface area contributed by atoms with Gasteiger partial charge >= 0.3 is 0 Å². The maximum atomic E-state index is 5.10. The molecule has 0 aliphatic heterocycles. The number of rotatable bonds is 6. The highest BCUT2D eigenvalue weighted by Gasteiger charge is 2.12. The summed E-state index contributed by atoms with van der Waals surface area (Å²) in [7, 11) is 1.60. The van der Waals surface area contributed by atoms with Crippen LogP contribution >= 0.6 is 11.3 Å². The average molecular weight is 352 g/mol. The summed E-state index contributed by atoms with van der Waals surface area (Å²) < 4.78 is 6.93. The molecular formula is C17H16N6OS. The number of nitrogens with zero attached hydrogens (tertiary/aromatic N) is 5. The minimum absolute atomic E-state index is 0.583. The summed E-state index contributed by atoms with van der Waals surface area (Å²) in [5, 5.41) is 8.78. The predicted octanol–water partition coefficient (Wildman–Crippen LogP) is 2.91. The fourth-order valence-electron chi connectivity index (χ4n) is 2.46. The number of nitrogens with one attached hydrogen (secondary N) is 1. The van der Waals surface area contributed by atoms with Crippen LogP contribution in [0.2, 0.25) is 0 Å². The summed E-state index contributed by atoms with van der Waals surface area (Å²) in [6.07, 6.45) is 6.22. The number of fused-ring (bicyclic) bond motifs is 1. The van der Waals surface area contributed by atoms with Crippen LogP contribution in [0.1, 0.15) is 5.69 Å². The molecule has 0 fully saturated rings. The Balaban J connectivity index is 1.49. The largest absolute Gasteiger partial charge is 0.481 e. The fraction of sp³-hybridized carbons (Fsp3) is 0.176. The van der Waals surface area contributed by atoms with Gasteiger partial charge in [-0.3, -0.25) is 4.98 Å². The van der Waals surface area contributed by atoms with Crippen LogP contribution < -0.4 is 10.1 Å². The van der Waals surface area contributed by atoms with Crippen molar-refractivity contribution in [2.45, 2.75) is 6.42 Å².